The molecule has 0 spiro atoms. The molecule has 0 aliphatic rings. The van der Waals surface area contributed by atoms with Crippen LogP contribution in [0.5, 0.6) is 5.75 Å². The van der Waals surface area contributed by atoms with Crippen molar-refractivity contribution in [1.29, 1.82) is 0 Å². The second kappa shape index (κ2) is 8.94. The average molecular weight is 480 g/mol. The van der Waals surface area contributed by atoms with Gasteiger partial charge in [-0.15, -0.1) is 5.10 Å². The molecule has 0 saturated heterocycles. The summed E-state index contributed by atoms with van der Waals surface area (Å²) in [7, 11) is 1.56. The Morgan fingerprint density at radius 2 is 2.10 bits per heavy atom. The highest BCUT2D eigenvalue weighted by atomic mass is 79.9. The van der Waals surface area contributed by atoms with Crippen molar-refractivity contribution in [2.45, 2.75) is 25.6 Å². The highest BCUT2D eigenvalue weighted by molar-refractivity contribution is 9.10. The van der Waals surface area contributed by atoms with E-state index in [4.69, 9.17) is 16.3 Å². The number of ether oxygens (including phenoxy) is 1. The third-order valence-corrected chi connectivity index (χ3v) is 5.39. The molecule has 0 bridgehead atoms. The third kappa shape index (κ3) is 4.95. The van der Waals surface area contributed by atoms with E-state index in [1.54, 1.807) is 44.5 Å². The number of carbonyl (C=O) groups excluding carboxylic acids is 1. The Kier molecular flexibility index (Phi) is 6.56. The zero-order chi connectivity index (χ0) is 21.0. The fourth-order valence-electron chi connectivity index (χ4n) is 2.87. The van der Waals surface area contributed by atoms with Crippen molar-refractivity contribution in [3.05, 3.63) is 75.0 Å². The van der Waals surface area contributed by atoms with Gasteiger partial charge in [0, 0.05) is 27.2 Å². The highest BCUT2D eigenvalue weighted by Crippen LogP contribution is 2.32. The van der Waals surface area contributed by atoms with Crippen molar-refractivity contribution in [2.75, 3.05) is 7.11 Å². The van der Waals surface area contributed by atoms with E-state index >= 15 is 0 Å². The summed E-state index contributed by atoms with van der Waals surface area (Å²) >= 11 is 9.45. The van der Waals surface area contributed by atoms with Crippen LogP contribution in [0.3, 0.4) is 0 Å². The van der Waals surface area contributed by atoms with Gasteiger partial charge in [-0.25, -0.2) is 4.68 Å². The van der Waals surface area contributed by atoms with Gasteiger partial charge in [-0.05, 0) is 31.2 Å². The number of hydrogen-bond donors (Lipinski definition) is 2. The third-order valence-electron chi connectivity index (χ3n) is 4.46. The van der Waals surface area contributed by atoms with E-state index < -0.39 is 5.60 Å². The molecule has 7 nitrogen and oxygen atoms in total. The van der Waals surface area contributed by atoms with Crippen LogP contribution in [0.4, 0.5) is 0 Å². The first-order valence-corrected chi connectivity index (χ1v) is 9.95. The van der Waals surface area contributed by atoms with Crippen LogP contribution in [0.25, 0.3) is 0 Å². The predicted octanol–water partition coefficient (Wildman–Crippen LogP) is 3.27. The first-order chi connectivity index (χ1) is 13.8. The van der Waals surface area contributed by atoms with Crippen LogP contribution in [0.15, 0.2) is 53.1 Å². The molecule has 1 atom stereocenters. The Morgan fingerprint density at radius 3 is 2.83 bits per heavy atom. The van der Waals surface area contributed by atoms with Crippen molar-refractivity contribution >= 4 is 33.4 Å². The number of halogens is 2. The van der Waals surface area contributed by atoms with Crippen molar-refractivity contribution < 1.29 is 14.6 Å². The maximum Gasteiger partial charge on any atom is 0.242 e. The van der Waals surface area contributed by atoms with Gasteiger partial charge >= 0.3 is 0 Å². The van der Waals surface area contributed by atoms with Gasteiger partial charge in [0.1, 0.15) is 23.6 Å². The number of hydrogen-bond acceptors (Lipinski definition) is 5. The Morgan fingerprint density at radius 1 is 1.34 bits per heavy atom. The maximum atomic E-state index is 12.3. The zero-order valence-electron chi connectivity index (χ0n) is 15.9. The second-order valence-corrected chi connectivity index (χ2v) is 7.88. The first-order valence-electron chi connectivity index (χ1n) is 8.78. The summed E-state index contributed by atoms with van der Waals surface area (Å²) in [5.74, 6) is 0.381. The lowest BCUT2D eigenvalue weighted by molar-refractivity contribution is -0.122. The standard InChI is InChI=1S/C20H20BrClN4O3/c1-20(28,15-5-3-4-6-16(15)21)18-11-26(25-24-18)12-19(27)23-10-13-9-14(22)7-8-17(13)29-2/h3-9,11,28H,10,12H2,1-2H3,(H,23,27). The SMILES string of the molecule is COc1ccc(Cl)cc1CNC(=O)Cn1cc(C(C)(O)c2ccccc2Br)nn1. The molecule has 0 radical (unpaired) electrons. The molecule has 2 N–H and O–H groups in total. The molecule has 9 heteroatoms. The van der Waals surface area contributed by atoms with Gasteiger partial charge < -0.3 is 15.2 Å². The van der Waals surface area contributed by atoms with Crippen molar-refractivity contribution in [2.24, 2.45) is 0 Å². The number of aliphatic hydroxyl groups is 1. The summed E-state index contributed by atoms with van der Waals surface area (Å²) < 4.78 is 7.41. The van der Waals surface area contributed by atoms with Crippen LogP contribution in [-0.4, -0.2) is 33.1 Å². The van der Waals surface area contributed by atoms with Gasteiger partial charge in [-0.1, -0.05) is 50.9 Å². The van der Waals surface area contributed by atoms with E-state index in [1.165, 1.54) is 4.68 Å². The monoisotopic (exact) mass is 478 g/mol. The lowest BCUT2D eigenvalue weighted by atomic mass is 9.93. The lowest BCUT2D eigenvalue weighted by Gasteiger charge is -2.22. The second-order valence-electron chi connectivity index (χ2n) is 6.59. The summed E-state index contributed by atoms with van der Waals surface area (Å²) in [6, 6.07) is 12.5. The number of rotatable bonds is 7. The summed E-state index contributed by atoms with van der Waals surface area (Å²) in [6.07, 6.45) is 1.55. The van der Waals surface area contributed by atoms with E-state index in [0.29, 0.717) is 22.0 Å². The molecule has 0 aliphatic carbocycles. The number of nitrogens with one attached hydrogen (secondary N) is 1. The molecule has 3 aromatic rings. The molecule has 1 amide bonds. The van der Waals surface area contributed by atoms with Crippen LogP contribution in [0.2, 0.25) is 5.02 Å². The molecular formula is C20H20BrClN4O3. The van der Waals surface area contributed by atoms with Gasteiger partial charge in [0.25, 0.3) is 0 Å². The largest absolute Gasteiger partial charge is 0.496 e. The molecule has 1 aromatic heterocycles. The molecule has 29 heavy (non-hydrogen) atoms. The zero-order valence-corrected chi connectivity index (χ0v) is 18.2. The molecule has 0 aliphatic heterocycles. The van der Waals surface area contributed by atoms with Crippen molar-refractivity contribution in [3.8, 4) is 5.75 Å². The topological polar surface area (TPSA) is 89.3 Å². The quantitative estimate of drug-likeness (QED) is 0.543. The number of nitrogens with zero attached hydrogens (tertiary/aromatic N) is 3. The fraction of sp³-hybridized carbons (Fsp3) is 0.250. The Hall–Kier alpha value is -2.42. The molecular weight excluding hydrogens is 460 g/mol. The lowest BCUT2D eigenvalue weighted by Crippen LogP contribution is -2.27. The van der Waals surface area contributed by atoms with Crippen molar-refractivity contribution in [3.63, 3.8) is 0 Å². The summed E-state index contributed by atoms with van der Waals surface area (Å²) in [4.78, 5) is 12.3. The number of amides is 1. The Labute approximate surface area is 181 Å². The number of methoxy groups -OCH3 is 1. The van der Waals surface area contributed by atoms with Gasteiger partial charge in [-0.3, -0.25) is 4.79 Å². The molecule has 152 valence electrons. The van der Waals surface area contributed by atoms with E-state index in [1.807, 2.05) is 18.2 Å². The van der Waals surface area contributed by atoms with E-state index in [0.717, 1.165) is 10.0 Å². The Bertz CT molecular complexity index is 1020. The molecule has 1 heterocycles. The summed E-state index contributed by atoms with van der Waals surface area (Å²) in [6.45, 7) is 1.85. The van der Waals surface area contributed by atoms with E-state index in [2.05, 4.69) is 31.6 Å². The van der Waals surface area contributed by atoms with Gasteiger partial charge in [-0.2, -0.15) is 0 Å². The summed E-state index contributed by atoms with van der Waals surface area (Å²) in [5, 5.41) is 22.3. The van der Waals surface area contributed by atoms with Gasteiger partial charge in [0.2, 0.25) is 5.91 Å². The average Bonchev–Trinajstić information content (AvgIpc) is 3.16. The predicted molar refractivity (Wildman–Crippen MR) is 113 cm³/mol. The minimum Gasteiger partial charge on any atom is -0.496 e. The summed E-state index contributed by atoms with van der Waals surface area (Å²) in [5.41, 5.74) is 0.408. The maximum absolute atomic E-state index is 12.3. The number of aromatic nitrogens is 3. The normalized spacial score (nSPS) is 13.0. The van der Waals surface area contributed by atoms with Crippen LogP contribution in [0, 0.1) is 0 Å². The first kappa shape index (κ1) is 21.3. The molecule has 1 unspecified atom stereocenters. The van der Waals surface area contributed by atoms with E-state index in [-0.39, 0.29) is 19.0 Å². The molecule has 2 aromatic carbocycles. The van der Waals surface area contributed by atoms with Gasteiger partial charge in [0.05, 0.1) is 13.3 Å². The Balaban J connectivity index is 1.66. The van der Waals surface area contributed by atoms with E-state index in [9.17, 15) is 9.90 Å². The van der Waals surface area contributed by atoms with Crippen LogP contribution >= 0.6 is 27.5 Å². The van der Waals surface area contributed by atoms with Crippen LogP contribution in [0.1, 0.15) is 23.7 Å². The minimum absolute atomic E-state index is 0.0398. The minimum atomic E-state index is -1.36. The molecule has 0 fully saturated rings. The van der Waals surface area contributed by atoms with Crippen LogP contribution < -0.4 is 10.1 Å². The van der Waals surface area contributed by atoms with Gasteiger partial charge in [0.15, 0.2) is 0 Å². The highest BCUT2D eigenvalue weighted by Gasteiger charge is 2.31. The number of benzene rings is 2. The molecule has 3 rings (SSSR count). The smallest absolute Gasteiger partial charge is 0.242 e. The molecule has 0 saturated carbocycles. The van der Waals surface area contributed by atoms with Crippen molar-refractivity contribution in [1.82, 2.24) is 20.3 Å². The fourth-order valence-corrected chi connectivity index (χ4v) is 3.74. The van der Waals surface area contributed by atoms with Crippen LogP contribution in [-0.2, 0) is 23.5 Å². The number of carbonyl (C=O) groups is 1.